The van der Waals surface area contributed by atoms with Crippen LogP contribution in [0.15, 0.2) is 94.7 Å². The highest BCUT2D eigenvalue weighted by molar-refractivity contribution is 8.22. The van der Waals surface area contributed by atoms with Crippen molar-refractivity contribution in [3.63, 3.8) is 0 Å². The predicted molar refractivity (Wildman–Crippen MR) is 146 cm³/mol. The Morgan fingerprint density at radius 3 is 2.63 bits per heavy atom. The molecule has 0 atom stereocenters. The Morgan fingerprint density at radius 2 is 1.84 bits per heavy atom. The Balaban J connectivity index is 1.29. The topological polar surface area (TPSA) is 85.9 Å². The van der Waals surface area contributed by atoms with E-state index in [1.165, 1.54) is 27.9 Å². The van der Waals surface area contributed by atoms with Crippen LogP contribution < -0.4 is 10.5 Å². The lowest BCUT2D eigenvalue weighted by Gasteiger charge is -2.12. The van der Waals surface area contributed by atoms with Crippen LogP contribution in [-0.4, -0.2) is 20.5 Å². The summed E-state index contributed by atoms with van der Waals surface area (Å²) >= 11 is 0. The number of nitrogens with two attached hydrogens (primary N) is 1. The average Bonchev–Trinajstić information content (AvgIpc) is 3.67. The third kappa shape index (κ3) is 4.06. The van der Waals surface area contributed by atoms with Gasteiger partial charge in [0.2, 0.25) is 11.6 Å². The van der Waals surface area contributed by atoms with Crippen molar-refractivity contribution in [2.45, 2.75) is 11.8 Å². The Hall–Kier alpha value is -4.63. The van der Waals surface area contributed by atoms with Gasteiger partial charge in [0.1, 0.15) is 11.6 Å². The third-order valence-corrected chi connectivity index (χ3v) is 8.29. The molecule has 0 unspecified atom stereocenters. The number of aromatic amines is 1. The van der Waals surface area contributed by atoms with Crippen molar-refractivity contribution in [2.24, 2.45) is 0 Å². The van der Waals surface area contributed by atoms with Crippen molar-refractivity contribution in [2.75, 3.05) is 5.73 Å². The second-order valence-electron chi connectivity index (χ2n) is 8.80. The SMILES string of the molecule is Cc1cc(Oc2cccc(F)c2F)ccc1-n1ncc(C(=O)c2cc3c([SH]4C=CC=C4)cccc3[nH]2)c1N. The smallest absolute Gasteiger partial charge is 0.214 e. The molecule has 0 saturated carbocycles. The van der Waals surface area contributed by atoms with E-state index in [4.69, 9.17) is 10.5 Å². The van der Waals surface area contributed by atoms with Crippen LogP contribution in [0.3, 0.4) is 0 Å². The average molecular weight is 529 g/mol. The molecule has 9 heteroatoms. The normalized spacial score (nSPS) is 13.5. The molecule has 0 radical (unpaired) electrons. The van der Waals surface area contributed by atoms with Crippen LogP contribution in [0.5, 0.6) is 11.5 Å². The highest BCUT2D eigenvalue weighted by atomic mass is 32.2. The number of hydrogen-bond acceptors (Lipinski definition) is 4. The number of benzene rings is 3. The largest absolute Gasteiger partial charge is 0.454 e. The minimum Gasteiger partial charge on any atom is -0.454 e. The summed E-state index contributed by atoms with van der Waals surface area (Å²) in [5.41, 5.74) is 9.31. The van der Waals surface area contributed by atoms with E-state index < -0.39 is 22.5 Å². The summed E-state index contributed by atoms with van der Waals surface area (Å²) in [6.07, 6.45) is 5.53. The summed E-state index contributed by atoms with van der Waals surface area (Å²) in [5, 5.41) is 9.71. The lowest BCUT2D eigenvalue weighted by Crippen LogP contribution is -2.08. The molecule has 1 aliphatic rings. The number of ether oxygens (including phenoxy) is 1. The number of hydrogen-bond donors (Lipinski definition) is 3. The summed E-state index contributed by atoms with van der Waals surface area (Å²) in [7, 11) is -0.542. The van der Waals surface area contributed by atoms with Gasteiger partial charge in [-0.3, -0.25) is 4.79 Å². The van der Waals surface area contributed by atoms with Gasteiger partial charge < -0.3 is 15.5 Å². The van der Waals surface area contributed by atoms with E-state index in [0.717, 1.165) is 17.0 Å². The number of carbonyl (C=O) groups is 1. The molecule has 3 heterocycles. The lowest BCUT2D eigenvalue weighted by atomic mass is 10.1. The fourth-order valence-corrected chi connectivity index (χ4v) is 6.18. The van der Waals surface area contributed by atoms with Crippen molar-refractivity contribution >= 4 is 33.4 Å². The number of ketones is 1. The quantitative estimate of drug-likeness (QED) is 0.165. The van der Waals surface area contributed by atoms with Crippen molar-refractivity contribution in [1.82, 2.24) is 14.8 Å². The van der Waals surface area contributed by atoms with E-state index >= 15 is 0 Å². The Bertz CT molecular complexity index is 1770. The number of carbonyl (C=O) groups excluding carboxylic acids is 1. The van der Waals surface area contributed by atoms with Crippen molar-refractivity contribution in [3.05, 3.63) is 118 Å². The lowest BCUT2D eigenvalue weighted by molar-refractivity contribution is 0.103. The first-order valence-electron chi connectivity index (χ1n) is 11.8. The van der Waals surface area contributed by atoms with Crippen molar-refractivity contribution in [1.29, 1.82) is 0 Å². The molecular formula is C29H22F2N4O2S. The van der Waals surface area contributed by atoms with Gasteiger partial charge >= 0.3 is 0 Å². The van der Waals surface area contributed by atoms with Crippen LogP contribution in [-0.2, 0) is 0 Å². The minimum absolute atomic E-state index is 0.188. The summed E-state index contributed by atoms with van der Waals surface area (Å²) in [4.78, 5) is 17.9. The van der Waals surface area contributed by atoms with Gasteiger partial charge in [0.05, 0.1) is 23.1 Å². The minimum atomic E-state index is -1.06. The van der Waals surface area contributed by atoms with E-state index in [1.54, 1.807) is 25.1 Å². The van der Waals surface area contributed by atoms with Crippen LogP contribution in [0.25, 0.3) is 16.6 Å². The van der Waals surface area contributed by atoms with Gasteiger partial charge in [0, 0.05) is 15.8 Å². The van der Waals surface area contributed by atoms with E-state index in [9.17, 15) is 13.6 Å². The molecule has 3 N–H and O–H groups in total. The number of nitrogens with one attached hydrogen (secondary N) is 1. The van der Waals surface area contributed by atoms with E-state index in [0.29, 0.717) is 22.7 Å². The maximum absolute atomic E-state index is 14.0. The number of halogens is 2. The van der Waals surface area contributed by atoms with E-state index in [1.807, 2.05) is 30.4 Å². The standard InChI is InChI=1S/C29H22F2N4O2S/c1-17-14-18(37-25-8-4-6-21(30)27(25)31)10-11-24(17)35-29(32)20(16-33-35)28(36)23-15-19-22(34-23)7-5-9-26(19)38-12-2-3-13-38/h2-16,34,38H,32H2,1H3. The molecule has 0 aliphatic carbocycles. The molecule has 3 aromatic carbocycles. The molecular weight excluding hydrogens is 506 g/mol. The second kappa shape index (κ2) is 9.35. The molecule has 6 rings (SSSR count). The number of H-pyrrole nitrogens is 1. The maximum atomic E-state index is 14.0. The number of aromatic nitrogens is 3. The highest BCUT2D eigenvalue weighted by Gasteiger charge is 2.21. The zero-order chi connectivity index (χ0) is 26.4. The maximum Gasteiger partial charge on any atom is 0.214 e. The fraction of sp³-hybridized carbons (Fsp3) is 0.0345. The monoisotopic (exact) mass is 528 g/mol. The number of rotatable bonds is 6. The summed E-state index contributed by atoms with van der Waals surface area (Å²) in [6.45, 7) is 1.81. The molecule has 6 nitrogen and oxygen atoms in total. The molecule has 5 aromatic rings. The predicted octanol–water partition coefficient (Wildman–Crippen LogP) is 6.95. The summed E-state index contributed by atoms with van der Waals surface area (Å²) < 4.78 is 34.5. The van der Waals surface area contributed by atoms with Gasteiger partial charge in [0.15, 0.2) is 11.6 Å². The van der Waals surface area contributed by atoms with Gasteiger partial charge in [0.25, 0.3) is 0 Å². The first-order valence-corrected chi connectivity index (χ1v) is 13.2. The molecule has 0 bridgehead atoms. The van der Waals surface area contributed by atoms with Crippen LogP contribution in [0.1, 0.15) is 21.6 Å². The van der Waals surface area contributed by atoms with Gasteiger partial charge in [-0.2, -0.15) is 20.4 Å². The second-order valence-corrected chi connectivity index (χ2v) is 10.7. The van der Waals surface area contributed by atoms with E-state index in [2.05, 4.69) is 27.0 Å². The van der Waals surface area contributed by atoms with Crippen LogP contribution in [0.4, 0.5) is 14.6 Å². The zero-order valence-electron chi connectivity index (χ0n) is 20.2. The molecule has 38 heavy (non-hydrogen) atoms. The number of thiol groups is 1. The van der Waals surface area contributed by atoms with Crippen molar-refractivity contribution in [3.8, 4) is 17.2 Å². The van der Waals surface area contributed by atoms with Crippen LogP contribution in [0.2, 0.25) is 0 Å². The molecule has 0 amide bonds. The van der Waals surface area contributed by atoms with Gasteiger partial charge in [-0.1, -0.05) is 24.3 Å². The zero-order valence-corrected chi connectivity index (χ0v) is 21.0. The Labute approximate surface area is 219 Å². The number of anilines is 1. The molecule has 2 aromatic heterocycles. The Morgan fingerprint density at radius 1 is 1.05 bits per heavy atom. The molecule has 190 valence electrons. The van der Waals surface area contributed by atoms with Gasteiger partial charge in [-0.05, 0) is 71.8 Å². The molecule has 0 fully saturated rings. The number of fused-ring (bicyclic) bond motifs is 1. The first kappa shape index (κ1) is 23.7. The van der Waals surface area contributed by atoms with Gasteiger partial charge in [-0.15, -0.1) is 0 Å². The number of nitrogen functional groups attached to an aromatic ring is 1. The number of nitrogens with zero attached hydrogens (tertiary/aromatic N) is 2. The number of allylic oxidation sites excluding steroid dienone is 2. The molecule has 0 saturated heterocycles. The summed E-state index contributed by atoms with van der Waals surface area (Å²) in [5.74, 6) is -2.02. The van der Waals surface area contributed by atoms with Crippen molar-refractivity contribution < 1.29 is 18.3 Å². The number of aryl methyl sites for hydroxylation is 1. The highest BCUT2D eigenvalue weighted by Crippen LogP contribution is 2.45. The molecule has 1 aliphatic heterocycles. The van der Waals surface area contributed by atoms with Gasteiger partial charge in [-0.25, -0.2) is 9.07 Å². The Kier molecular flexibility index (Phi) is 5.84. The first-order chi connectivity index (χ1) is 18.4. The fourth-order valence-electron chi connectivity index (χ4n) is 4.47. The van der Waals surface area contributed by atoms with Crippen LogP contribution in [0, 0.1) is 18.6 Å². The summed E-state index contributed by atoms with van der Waals surface area (Å²) in [6, 6.07) is 16.6. The van der Waals surface area contributed by atoms with Crippen LogP contribution >= 0.6 is 10.9 Å². The molecule has 0 spiro atoms. The third-order valence-electron chi connectivity index (χ3n) is 6.36. The van der Waals surface area contributed by atoms with E-state index in [-0.39, 0.29) is 22.9 Å².